The molecule has 0 amide bonds. The van der Waals surface area contributed by atoms with Gasteiger partial charge in [-0.3, -0.25) is 0 Å². The van der Waals surface area contributed by atoms with E-state index in [2.05, 4.69) is 6.92 Å². The van der Waals surface area contributed by atoms with E-state index in [-0.39, 0.29) is 4.90 Å². The molecule has 2 aromatic carbocycles. The first-order valence-electron chi connectivity index (χ1n) is 9.42. The Morgan fingerprint density at radius 3 is 2.07 bits per heavy atom. The van der Waals surface area contributed by atoms with E-state index >= 15 is 0 Å². The smallest absolute Gasteiger partial charge is 0.343 e. The highest BCUT2D eigenvalue weighted by Gasteiger charge is 2.25. The summed E-state index contributed by atoms with van der Waals surface area (Å²) in [5, 5.41) is 0. The zero-order valence-electron chi connectivity index (χ0n) is 15.6. The van der Waals surface area contributed by atoms with Crippen LogP contribution in [-0.2, 0) is 16.4 Å². The third-order valence-corrected chi connectivity index (χ3v) is 6.75. The van der Waals surface area contributed by atoms with E-state index in [0.717, 1.165) is 37.7 Å². The molecule has 0 atom stereocenters. The molecule has 0 bridgehead atoms. The Morgan fingerprint density at radius 2 is 1.52 bits per heavy atom. The van der Waals surface area contributed by atoms with Crippen LogP contribution in [0.25, 0.3) is 0 Å². The molecule has 2 aromatic rings. The number of carbonyl (C=O) groups excluding carboxylic acids is 1. The summed E-state index contributed by atoms with van der Waals surface area (Å²) < 4.78 is 32.5. The molecule has 144 valence electrons. The normalized spacial score (nSPS) is 15.9. The second-order valence-corrected chi connectivity index (χ2v) is 8.67. The number of rotatable bonds is 5. The molecule has 0 radical (unpaired) electrons. The Kier molecular flexibility index (Phi) is 6.29. The number of aryl methyl sites for hydroxylation is 1. The van der Waals surface area contributed by atoms with Gasteiger partial charge in [0, 0.05) is 13.1 Å². The first-order chi connectivity index (χ1) is 13.0. The van der Waals surface area contributed by atoms with E-state index in [0.29, 0.717) is 24.4 Å². The number of carbonyl (C=O) groups is 1. The molecule has 0 aliphatic carbocycles. The lowest BCUT2D eigenvalue weighted by molar-refractivity contribution is 0.0734. The van der Waals surface area contributed by atoms with Gasteiger partial charge in [0.05, 0.1) is 10.5 Å². The van der Waals surface area contributed by atoms with E-state index in [9.17, 15) is 13.2 Å². The van der Waals surface area contributed by atoms with Crippen molar-refractivity contribution >= 4 is 16.0 Å². The minimum atomic E-state index is -3.51. The quantitative estimate of drug-likeness (QED) is 0.574. The first-order valence-corrected chi connectivity index (χ1v) is 10.9. The topological polar surface area (TPSA) is 63.7 Å². The zero-order chi connectivity index (χ0) is 19.3. The van der Waals surface area contributed by atoms with Crippen LogP contribution >= 0.6 is 0 Å². The Labute approximate surface area is 161 Å². The number of sulfonamides is 1. The van der Waals surface area contributed by atoms with Gasteiger partial charge in [-0.05, 0) is 61.2 Å². The highest BCUT2D eigenvalue weighted by Crippen LogP contribution is 2.21. The second kappa shape index (κ2) is 8.67. The molecule has 3 rings (SSSR count). The summed E-state index contributed by atoms with van der Waals surface area (Å²) in [4.78, 5) is 12.5. The summed E-state index contributed by atoms with van der Waals surface area (Å²) >= 11 is 0. The fourth-order valence-electron chi connectivity index (χ4n) is 3.15. The minimum absolute atomic E-state index is 0.216. The molecule has 0 unspecified atom stereocenters. The molecule has 27 heavy (non-hydrogen) atoms. The summed E-state index contributed by atoms with van der Waals surface area (Å²) in [5.74, 6) is -0.0311. The highest BCUT2D eigenvalue weighted by atomic mass is 32.2. The molecule has 1 fully saturated rings. The van der Waals surface area contributed by atoms with Crippen molar-refractivity contribution < 1.29 is 17.9 Å². The molecule has 0 saturated carbocycles. The molecule has 1 saturated heterocycles. The Balaban J connectivity index is 1.70. The highest BCUT2D eigenvalue weighted by molar-refractivity contribution is 7.89. The van der Waals surface area contributed by atoms with Crippen LogP contribution in [0.1, 0.15) is 48.5 Å². The largest absolute Gasteiger partial charge is 0.423 e. The molecule has 1 heterocycles. The zero-order valence-corrected chi connectivity index (χ0v) is 16.4. The molecule has 0 aromatic heterocycles. The SMILES string of the molecule is CCc1ccc(OC(=O)c2ccc(S(=O)(=O)N3CCCCCC3)cc2)cc1. The van der Waals surface area contributed by atoms with Gasteiger partial charge in [-0.25, -0.2) is 13.2 Å². The maximum atomic E-state index is 12.8. The summed E-state index contributed by atoms with van der Waals surface area (Å²) in [5.41, 5.74) is 1.49. The van der Waals surface area contributed by atoms with Crippen LogP contribution in [0.2, 0.25) is 0 Å². The molecular weight excluding hydrogens is 362 g/mol. The molecule has 5 nitrogen and oxygen atoms in total. The van der Waals surface area contributed by atoms with Crippen molar-refractivity contribution in [2.45, 2.75) is 43.9 Å². The van der Waals surface area contributed by atoms with Crippen LogP contribution in [0.3, 0.4) is 0 Å². The van der Waals surface area contributed by atoms with Gasteiger partial charge < -0.3 is 4.74 Å². The van der Waals surface area contributed by atoms with Gasteiger partial charge in [-0.15, -0.1) is 0 Å². The molecular formula is C21H25NO4S. The van der Waals surface area contributed by atoms with Crippen LogP contribution in [0.4, 0.5) is 0 Å². The molecule has 1 aliphatic heterocycles. The average Bonchev–Trinajstić information content (AvgIpc) is 2.99. The van der Waals surface area contributed by atoms with E-state index < -0.39 is 16.0 Å². The summed E-state index contributed by atoms with van der Waals surface area (Å²) in [6.07, 6.45) is 4.83. The molecule has 1 aliphatic rings. The summed E-state index contributed by atoms with van der Waals surface area (Å²) in [6.45, 7) is 3.17. The van der Waals surface area contributed by atoms with Crippen molar-refractivity contribution in [1.82, 2.24) is 4.31 Å². The van der Waals surface area contributed by atoms with Crippen molar-refractivity contribution in [3.63, 3.8) is 0 Å². The van der Waals surface area contributed by atoms with Crippen molar-refractivity contribution in [1.29, 1.82) is 0 Å². The number of nitrogens with zero attached hydrogens (tertiary/aromatic N) is 1. The van der Waals surface area contributed by atoms with Gasteiger partial charge in [-0.2, -0.15) is 4.31 Å². The fraction of sp³-hybridized carbons (Fsp3) is 0.381. The first kappa shape index (κ1) is 19.6. The van der Waals surface area contributed by atoms with Gasteiger partial charge >= 0.3 is 5.97 Å². The summed E-state index contributed by atoms with van der Waals surface area (Å²) in [6, 6.07) is 13.3. The minimum Gasteiger partial charge on any atom is -0.423 e. The van der Waals surface area contributed by atoms with Crippen molar-refractivity contribution in [3.8, 4) is 5.75 Å². The second-order valence-electron chi connectivity index (χ2n) is 6.73. The predicted octanol–water partition coefficient (Wildman–Crippen LogP) is 4.03. The monoisotopic (exact) mass is 387 g/mol. The Morgan fingerprint density at radius 1 is 0.926 bits per heavy atom. The molecule has 6 heteroatoms. The Hall–Kier alpha value is -2.18. The Bertz CT molecular complexity index is 865. The number of hydrogen-bond donors (Lipinski definition) is 0. The van der Waals surface area contributed by atoms with Gasteiger partial charge in [0.2, 0.25) is 10.0 Å². The third-order valence-electron chi connectivity index (χ3n) is 4.83. The van der Waals surface area contributed by atoms with E-state index in [4.69, 9.17) is 4.74 Å². The number of hydrogen-bond acceptors (Lipinski definition) is 4. The number of esters is 1. The molecule has 0 spiro atoms. The van der Waals surface area contributed by atoms with Gasteiger partial charge in [0.25, 0.3) is 0 Å². The number of benzene rings is 2. The third kappa shape index (κ3) is 4.76. The van der Waals surface area contributed by atoms with Crippen molar-refractivity contribution in [3.05, 3.63) is 59.7 Å². The molecule has 0 N–H and O–H groups in total. The van der Waals surface area contributed by atoms with Gasteiger partial charge in [0.1, 0.15) is 5.75 Å². The maximum absolute atomic E-state index is 12.8. The van der Waals surface area contributed by atoms with Crippen LogP contribution in [0, 0.1) is 0 Å². The lowest BCUT2D eigenvalue weighted by Gasteiger charge is -2.20. The predicted molar refractivity (Wildman–Crippen MR) is 104 cm³/mol. The van der Waals surface area contributed by atoms with Crippen molar-refractivity contribution in [2.75, 3.05) is 13.1 Å². The maximum Gasteiger partial charge on any atom is 0.343 e. The number of ether oxygens (including phenoxy) is 1. The summed E-state index contributed by atoms with van der Waals surface area (Å²) in [7, 11) is -3.51. The van der Waals surface area contributed by atoms with Crippen LogP contribution in [0.15, 0.2) is 53.4 Å². The van der Waals surface area contributed by atoms with Crippen LogP contribution in [0.5, 0.6) is 5.75 Å². The van der Waals surface area contributed by atoms with E-state index in [1.807, 2.05) is 12.1 Å². The van der Waals surface area contributed by atoms with Crippen molar-refractivity contribution in [2.24, 2.45) is 0 Å². The lowest BCUT2D eigenvalue weighted by atomic mass is 10.2. The van der Waals surface area contributed by atoms with Crippen LogP contribution in [-0.4, -0.2) is 31.8 Å². The average molecular weight is 388 g/mol. The van der Waals surface area contributed by atoms with Crippen LogP contribution < -0.4 is 4.74 Å². The van der Waals surface area contributed by atoms with Gasteiger partial charge in [0.15, 0.2) is 0 Å². The van der Waals surface area contributed by atoms with Gasteiger partial charge in [-0.1, -0.05) is 31.9 Å². The van der Waals surface area contributed by atoms with E-state index in [1.54, 1.807) is 16.4 Å². The standard InChI is InChI=1S/C21H25NO4S/c1-2-17-7-11-19(12-8-17)26-21(23)18-9-13-20(14-10-18)27(24,25)22-15-5-3-4-6-16-22/h7-14H,2-6,15-16H2,1H3. The fourth-order valence-corrected chi connectivity index (χ4v) is 4.67. The van der Waals surface area contributed by atoms with E-state index in [1.165, 1.54) is 24.3 Å². The lowest BCUT2D eigenvalue weighted by Crippen LogP contribution is -2.31.